The fourth-order valence-corrected chi connectivity index (χ4v) is 4.20. The van der Waals surface area contributed by atoms with E-state index in [1.807, 2.05) is 17.0 Å². The van der Waals surface area contributed by atoms with Crippen molar-refractivity contribution in [1.82, 2.24) is 9.88 Å². The monoisotopic (exact) mass is 339 g/mol. The Morgan fingerprint density at radius 2 is 1.88 bits per heavy atom. The van der Waals surface area contributed by atoms with Gasteiger partial charge in [-0.1, -0.05) is 12.1 Å². The van der Waals surface area contributed by atoms with Gasteiger partial charge in [0.1, 0.15) is 0 Å². The lowest BCUT2D eigenvalue weighted by Crippen LogP contribution is -2.48. The molecule has 4 nitrogen and oxygen atoms in total. The number of H-pyrrole nitrogens is 1. The topological polar surface area (TPSA) is 39.3 Å². The minimum atomic E-state index is 0.132. The molecule has 4 rings (SSSR count). The van der Waals surface area contributed by atoms with Crippen LogP contribution < -0.4 is 4.90 Å². The fourth-order valence-electron chi connectivity index (χ4n) is 3.41. The second-order valence-electron chi connectivity index (χ2n) is 6.33. The largest absolute Gasteiger partial charge is 0.360 e. The molecule has 3 heterocycles. The van der Waals surface area contributed by atoms with Crippen LogP contribution in [-0.2, 0) is 0 Å². The first kappa shape index (κ1) is 15.3. The Hall–Kier alpha value is -2.27. The van der Waals surface area contributed by atoms with Gasteiger partial charge in [0.05, 0.1) is 16.1 Å². The lowest BCUT2D eigenvalue weighted by atomic mass is 10.1. The Morgan fingerprint density at radius 3 is 2.58 bits per heavy atom. The first-order chi connectivity index (χ1) is 11.6. The number of amides is 1. The van der Waals surface area contributed by atoms with Crippen LogP contribution in [0.3, 0.4) is 0 Å². The van der Waals surface area contributed by atoms with Gasteiger partial charge in [-0.05, 0) is 43.0 Å². The van der Waals surface area contributed by atoms with Crippen LogP contribution in [-0.4, -0.2) is 42.0 Å². The van der Waals surface area contributed by atoms with E-state index in [0.29, 0.717) is 0 Å². The minimum absolute atomic E-state index is 0.132. The Bertz CT molecular complexity index is 874. The Balaban J connectivity index is 1.56. The van der Waals surface area contributed by atoms with Crippen molar-refractivity contribution in [3.8, 4) is 0 Å². The SMILES string of the molecule is Cc1[nH]c2c(C(=O)N3CCN(c4cccs4)CC3)cccc2c1C. The molecule has 0 unspecified atom stereocenters. The third-order valence-electron chi connectivity index (χ3n) is 4.96. The van der Waals surface area contributed by atoms with Gasteiger partial charge in [-0.25, -0.2) is 0 Å². The molecule has 5 heteroatoms. The average molecular weight is 339 g/mol. The number of aromatic amines is 1. The van der Waals surface area contributed by atoms with Crippen LogP contribution in [0.4, 0.5) is 5.00 Å². The van der Waals surface area contributed by atoms with Crippen LogP contribution in [0.25, 0.3) is 10.9 Å². The van der Waals surface area contributed by atoms with Gasteiger partial charge in [-0.2, -0.15) is 0 Å². The summed E-state index contributed by atoms with van der Waals surface area (Å²) in [5.74, 6) is 0.132. The Morgan fingerprint density at radius 1 is 1.08 bits per heavy atom. The lowest BCUT2D eigenvalue weighted by Gasteiger charge is -2.35. The van der Waals surface area contributed by atoms with Crippen LogP contribution in [0, 0.1) is 13.8 Å². The number of benzene rings is 1. The molecule has 0 bridgehead atoms. The summed E-state index contributed by atoms with van der Waals surface area (Å²) in [5, 5.41) is 4.54. The number of carbonyl (C=O) groups excluding carboxylic acids is 1. The van der Waals surface area contributed by atoms with Crippen LogP contribution in [0.2, 0.25) is 0 Å². The van der Waals surface area contributed by atoms with Crippen LogP contribution in [0.1, 0.15) is 21.6 Å². The third kappa shape index (κ3) is 2.49. The molecule has 1 saturated heterocycles. The minimum Gasteiger partial charge on any atom is -0.360 e. The third-order valence-corrected chi connectivity index (χ3v) is 5.89. The van der Waals surface area contributed by atoms with Crippen molar-refractivity contribution < 1.29 is 4.79 Å². The van der Waals surface area contributed by atoms with Crippen molar-refractivity contribution in [2.75, 3.05) is 31.1 Å². The van der Waals surface area contributed by atoms with Gasteiger partial charge in [0, 0.05) is 37.3 Å². The van der Waals surface area contributed by atoms with E-state index in [4.69, 9.17) is 0 Å². The molecule has 1 amide bonds. The molecule has 1 aliphatic heterocycles. The van der Waals surface area contributed by atoms with Gasteiger partial charge in [-0.3, -0.25) is 4.79 Å². The molecule has 1 N–H and O–H groups in total. The van der Waals surface area contributed by atoms with Crippen molar-refractivity contribution in [1.29, 1.82) is 0 Å². The van der Waals surface area contributed by atoms with E-state index in [1.165, 1.54) is 10.6 Å². The molecule has 124 valence electrons. The van der Waals surface area contributed by atoms with Gasteiger partial charge in [0.15, 0.2) is 0 Å². The average Bonchev–Trinajstić information content (AvgIpc) is 3.24. The smallest absolute Gasteiger partial charge is 0.256 e. The molecular weight excluding hydrogens is 318 g/mol. The van der Waals surface area contributed by atoms with Crippen molar-refractivity contribution in [3.63, 3.8) is 0 Å². The van der Waals surface area contributed by atoms with Crippen LogP contribution in [0.5, 0.6) is 0 Å². The lowest BCUT2D eigenvalue weighted by molar-refractivity contribution is 0.0749. The molecule has 2 aromatic heterocycles. The summed E-state index contributed by atoms with van der Waals surface area (Å²) in [6.07, 6.45) is 0. The molecule has 0 spiro atoms. The number of hydrogen-bond donors (Lipinski definition) is 1. The summed E-state index contributed by atoms with van der Waals surface area (Å²) < 4.78 is 0. The number of hydrogen-bond acceptors (Lipinski definition) is 3. The molecular formula is C19H21N3OS. The molecule has 0 aliphatic carbocycles. The number of nitrogens with zero attached hydrogens (tertiary/aromatic N) is 2. The van der Waals surface area contributed by atoms with E-state index in [-0.39, 0.29) is 5.91 Å². The van der Waals surface area contributed by atoms with Crippen LogP contribution in [0.15, 0.2) is 35.7 Å². The van der Waals surface area contributed by atoms with E-state index in [9.17, 15) is 4.79 Å². The number of carbonyl (C=O) groups is 1. The van der Waals surface area contributed by atoms with E-state index in [2.05, 4.69) is 47.3 Å². The number of para-hydroxylation sites is 1. The summed E-state index contributed by atoms with van der Waals surface area (Å²) >= 11 is 1.76. The second kappa shape index (κ2) is 5.98. The molecule has 3 aromatic rings. The highest BCUT2D eigenvalue weighted by Gasteiger charge is 2.24. The summed E-state index contributed by atoms with van der Waals surface area (Å²) in [6, 6.07) is 10.2. The normalized spacial score (nSPS) is 15.2. The molecule has 0 radical (unpaired) electrons. The standard InChI is InChI=1S/C19H21N3OS/c1-13-14(2)20-18-15(13)5-3-6-16(18)19(23)22-10-8-21(9-11-22)17-7-4-12-24-17/h3-7,12,20H,8-11H2,1-2H3. The number of fused-ring (bicyclic) bond motifs is 1. The molecule has 1 aromatic carbocycles. The molecule has 0 saturated carbocycles. The highest BCUT2D eigenvalue weighted by Crippen LogP contribution is 2.26. The summed E-state index contributed by atoms with van der Waals surface area (Å²) in [6.45, 7) is 7.49. The maximum atomic E-state index is 13.0. The van der Waals surface area contributed by atoms with E-state index in [1.54, 1.807) is 11.3 Å². The quantitative estimate of drug-likeness (QED) is 0.771. The number of piperazine rings is 1. The van der Waals surface area contributed by atoms with Crippen molar-refractivity contribution in [3.05, 3.63) is 52.5 Å². The zero-order valence-electron chi connectivity index (χ0n) is 14.0. The summed E-state index contributed by atoms with van der Waals surface area (Å²) in [7, 11) is 0. The maximum Gasteiger partial charge on any atom is 0.256 e. The van der Waals surface area contributed by atoms with Crippen LogP contribution >= 0.6 is 11.3 Å². The van der Waals surface area contributed by atoms with Gasteiger partial charge in [-0.15, -0.1) is 11.3 Å². The van der Waals surface area contributed by atoms with Gasteiger partial charge in [0.2, 0.25) is 0 Å². The number of rotatable bonds is 2. The summed E-state index contributed by atoms with van der Waals surface area (Å²) in [5.41, 5.74) is 4.11. The van der Waals surface area contributed by atoms with Crippen molar-refractivity contribution in [2.45, 2.75) is 13.8 Å². The molecule has 1 fully saturated rings. The first-order valence-corrected chi connectivity index (χ1v) is 9.19. The van der Waals surface area contributed by atoms with E-state index < -0.39 is 0 Å². The first-order valence-electron chi connectivity index (χ1n) is 8.31. The summed E-state index contributed by atoms with van der Waals surface area (Å²) in [4.78, 5) is 20.7. The number of anilines is 1. The number of nitrogens with one attached hydrogen (secondary N) is 1. The second-order valence-corrected chi connectivity index (χ2v) is 7.26. The van der Waals surface area contributed by atoms with E-state index >= 15 is 0 Å². The zero-order valence-corrected chi connectivity index (χ0v) is 14.8. The fraction of sp³-hybridized carbons (Fsp3) is 0.316. The van der Waals surface area contributed by atoms with Gasteiger partial charge in [0.25, 0.3) is 5.91 Å². The Kier molecular flexibility index (Phi) is 3.81. The predicted molar refractivity (Wildman–Crippen MR) is 100 cm³/mol. The van der Waals surface area contributed by atoms with E-state index in [0.717, 1.165) is 48.3 Å². The predicted octanol–water partition coefficient (Wildman–Crippen LogP) is 3.81. The van der Waals surface area contributed by atoms with Gasteiger partial charge < -0.3 is 14.8 Å². The van der Waals surface area contributed by atoms with Crippen molar-refractivity contribution >= 4 is 33.1 Å². The highest BCUT2D eigenvalue weighted by molar-refractivity contribution is 7.14. The molecule has 0 atom stereocenters. The molecule has 1 aliphatic rings. The number of aromatic nitrogens is 1. The highest BCUT2D eigenvalue weighted by atomic mass is 32.1. The van der Waals surface area contributed by atoms with Crippen molar-refractivity contribution in [2.24, 2.45) is 0 Å². The number of aryl methyl sites for hydroxylation is 2. The maximum absolute atomic E-state index is 13.0. The van der Waals surface area contributed by atoms with Gasteiger partial charge >= 0.3 is 0 Å². The number of thiophene rings is 1. The zero-order chi connectivity index (χ0) is 16.7. The molecule has 24 heavy (non-hydrogen) atoms. The Labute approximate surface area is 145 Å².